The normalized spacial score (nSPS) is 13.6. The van der Waals surface area contributed by atoms with E-state index in [0.717, 1.165) is 54.0 Å². The molecule has 5 rings (SSSR count). The van der Waals surface area contributed by atoms with Crippen molar-refractivity contribution in [3.05, 3.63) is 71.3 Å². The van der Waals surface area contributed by atoms with Crippen LogP contribution in [0.25, 0.3) is 11.2 Å². The Morgan fingerprint density at radius 1 is 1.18 bits per heavy atom. The lowest BCUT2D eigenvalue weighted by Gasteiger charge is -2.16. The molecule has 0 saturated heterocycles. The van der Waals surface area contributed by atoms with Gasteiger partial charge in [0.05, 0.1) is 30.6 Å². The summed E-state index contributed by atoms with van der Waals surface area (Å²) in [5.74, 6) is 0.592. The van der Waals surface area contributed by atoms with E-state index in [0.29, 0.717) is 11.5 Å². The minimum atomic E-state index is -0.0685. The van der Waals surface area contributed by atoms with Gasteiger partial charge < -0.3 is 10.6 Å². The van der Waals surface area contributed by atoms with Gasteiger partial charge in [0.1, 0.15) is 11.3 Å². The molecule has 8 nitrogen and oxygen atoms in total. The number of hydrogen-bond acceptors (Lipinski definition) is 6. The molecule has 0 unspecified atom stereocenters. The van der Waals surface area contributed by atoms with Gasteiger partial charge in [-0.25, -0.2) is 9.97 Å². The number of rotatable bonds is 7. The molecule has 0 spiro atoms. The van der Waals surface area contributed by atoms with Crippen LogP contribution >= 0.6 is 0 Å². The average molecular weight is 442 g/mol. The van der Waals surface area contributed by atoms with Gasteiger partial charge in [0.15, 0.2) is 0 Å². The van der Waals surface area contributed by atoms with E-state index >= 15 is 0 Å². The molecule has 0 fully saturated rings. The van der Waals surface area contributed by atoms with Gasteiger partial charge in [-0.05, 0) is 62.4 Å². The molecular weight excluding hydrogens is 414 g/mol. The first kappa shape index (κ1) is 21.1. The van der Waals surface area contributed by atoms with Crippen LogP contribution in [0.5, 0.6) is 0 Å². The van der Waals surface area contributed by atoms with Crippen LogP contribution in [-0.2, 0) is 30.6 Å². The molecule has 3 aromatic heterocycles. The van der Waals surface area contributed by atoms with Gasteiger partial charge in [-0.2, -0.15) is 5.10 Å². The van der Waals surface area contributed by atoms with Crippen LogP contribution in [0.2, 0.25) is 0 Å². The number of aromatic nitrogens is 5. The summed E-state index contributed by atoms with van der Waals surface area (Å²) in [5, 5.41) is 10.8. The zero-order chi connectivity index (χ0) is 22.8. The predicted molar refractivity (Wildman–Crippen MR) is 128 cm³/mol. The molecule has 1 amide bonds. The van der Waals surface area contributed by atoms with Crippen molar-refractivity contribution < 1.29 is 4.79 Å². The van der Waals surface area contributed by atoms with E-state index in [1.807, 2.05) is 55.1 Å². The third-order valence-electron chi connectivity index (χ3n) is 5.96. The highest BCUT2D eigenvalue weighted by Crippen LogP contribution is 2.23. The Hall–Kier alpha value is -3.81. The Bertz CT molecular complexity index is 1310. The van der Waals surface area contributed by atoms with Crippen molar-refractivity contribution in [3.63, 3.8) is 0 Å². The quantitative estimate of drug-likeness (QED) is 0.448. The maximum absolute atomic E-state index is 12.6. The summed E-state index contributed by atoms with van der Waals surface area (Å²) in [5.41, 5.74) is 6.47. The molecule has 8 heteroatoms. The van der Waals surface area contributed by atoms with E-state index in [1.54, 1.807) is 6.20 Å². The Labute approximate surface area is 192 Å². The summed E-state index contributed by atoms with van der Waals surface area (Å²) in [6, 6.07) is 11.9. The topological polar surface area (TPSA) is 97.6 Å². The summed E-state index contributed by atoms with van der Waals surface area (Å²) in [7, 11) is 0. The lowest BCUT2D eigenvalue weighted by molar-refractivity contribution is -0.115. The third kappa shape index (κ3) is 4.69. The van der Waals surface area contributed by atoms with Crippen LogP contribution in [0, 0.1) is 0 Å². The van der Waals surface area contributed by atoms with E-state index in [4.69, 9.17) is 0 Å². The van der Waals surface area contributed by atoms with E-state index in [1.165, 1.54) is 5.56 Å². The summed E-state index contributed by atoms with van der Waals surface area (Å²) >= 11 is 0. The van der Waals surface area contributed by atoms with Crippen LogP contribution < -0.4 is 10.6 Å². The molecule has 0 radical (unpaired) electrons. The lowest BCUT2D eigenvalue weighted by Crippen LogP contribution is -2.16. The van der Waals surface area contributed by atoms with E-state index in [2.05, 4.69) is 36.8 Å². The number of aryl methyl sites for hydroxylation is 3. The smallest absolute Gasteiger partial charge is 0.230 e. The van der Waals surface area contributed by atoms with Crippen molar-refractivity contribution in [2.24, 2.45) is 0 Å². The summed E-state index contributed by atoms with van der Waals surface area (Å²) in [4.78, 5) is 26.3. The Morgan fingerprint density at radius 3 is 2.97 bits per heavy atom. The number of hydrogen-bond donors (Lipinski definition) is 2. The second-order valence-electron chi connectivity index (χ2n) is 8.43. The minimum Gasteiger partial charge on any atom is -0.362 e. The molecule has 0 bridgehead atoms. The maximum atomic E-state index is 12.6. The van der Waals surface area contributed by atoms with Crippen LogP contribution in [0.1, 0.15) is 48.8 Å². The number of nitrogens with zero attached hydrogens (tertiary/aromatic N) is 5. The third-order valence-corrected chi connectivity index (χ3v) is 5.96. The zero-order valence-corrected chi connectivity index (χ0v) is 18.9. The number of carbonyl (C=O) groups excluding carboxylic acids is 1. The van der Waals surface area contributed by atoms with Crippen LogP contribution in [0.15, 0.2) is 48.8 Å². The van der Waals surface area contributed by atoms with Crippen molar-refractivity contribution in [3.8, 4) is 0 Å². The first-order valence-electron chi connectivity index (χ1n) is 11.4. The van der Waals surface area contributed by atoms with Crippen molar-refractivity contribution in [2.75, 3.05) is 10.6 Å². The summed E-state index contributed by atoms with van der Waals surface area (Å²) < 4.78 is 1.82. The highest BCUT2D eigenvalue weighted by atomic mass is 16.1. The molecule has 1 atom stereocenters. The minimum absolute atomic E-state index is 0.0276. The molecule has 1 aromatic carbocycles. The van der Waals surface area contributed by atoms with Gasteiger partial charge in [0.2, 0.25) is 11.6 Å². The molecule has 4 aromatic rings. The van der Waals surface area contributed by atoms with Crippen LogP contribution in [0.3, 0.4) is 0 Å². The fourth-order valence-corrected chi connectivity index (χ4v) is 4.20. The highest BCUT2D eigenvalue weighted by Gasteiger charge is 2.15. The van der Waals surface area contributed by atoms with Gasteiger partial charge >= 0.3 is 0 Å². The molecule has 2 N–H and O–H groups in total. The Morgan fingerprint density at radius 2 is 2.09 bits per heavy atom. The van der Waals surface area contributed by atoms with Gasteiger partial charge in [0.25, 0.3) is 0 Å². The van der Waals surface area contributed by atoms with Crippen LogP contribution in [-0.4, -0.2) is 30.6 Å². The average Bonchev–Trinajstić information content (AvgIpc) is 3.45. The van der Waals surface area contributed by atoms with Gasteiger partial charge in [-0.1, -0.05) is 18.2 Å². The second kappa shape index (κ2) is 8.97. The first-order chi connectivity index (χ1) is 16.1. The molecule has 33 heavy (non-hydrogen) atoms. The molecule has 1 aliphatic rings. The SMILES string of the molecule is CCn1cc2ncc(N[C@@H](C)c3cccc(NC(=O)Cc4ccc5c(n4)CCC5)c3)nc2n1. The second-order valence-corrected chi connectivity index (χ2v) is 8.43. The number of nitrogens with one attached hydrogen (secondary N) is 2. The summed E-state index contributed by atoms with van der Waals surface area (Å²) in [6.07, 6.45) is 7.13. The van der Waals surface area contributed by atoms with E-state index < -0.39 is 0 Å². The zero-order valence-electron chi connectivity index (χ0n) is 18.9. The molecule has 0 saturated carbocycles. The standard InChI is InChI=1S/C25H27N7O/c1-3-32-15-22-25(31-32)30-23(14-26-22)27-16(2)18-7-4-8-19(12-18)29-24(33)13-20-11-10-17-6-5-9-21(17)28-20/h4,7-8,10-12,14-16H,3,5-6,9,13H2,1-2H3,(H,29,33)(H,27,30,31)/t16-/m0/s1. The Kier molecular flexibility index (Phi) is 5.73. The van der Waals surface area contributed by atoms with Crippen molar-refractivity contribution in [2.45, 2.75) is 52.1 Å². The van der Waals surface area contributed by atoms with Gasteiger partial charge in [-0.3, -0.25) is 14.5 Å². The van der Waals surface area contributed by atoms with Crippen LogP contribution in [0.4, 0.5) is 11.5 Å². The number of amides is 1. The Balaban J connectivity index is 1.24. The number of fused-ring (bicyclic) bond motifs is 2. The number of benzene rings is 1. The summed E-state index contributed by atoms with van der Waals surface area (Å²) in [6.45, 7) is 4.85. The van der Waals surface area contributed by atoms with Crippen molar-refractivity contribution in [1.82, 2.24) is 24.7 Å². The first-order valence-corrected chi connectivity index (χ1v) is 11.4. The number of carbonyl (C=O) groups is 1. The largest absolute Gasteiger partial charge is 0.362 e. The monoisotopic (exact) mass is 441 g/mol. The van der Waals surface area contributed by atoms with Crippen molar-refractivity contribution in [1.29, 1.82) is 0 Å². The fourth-order valence-electron chi connectivity index (χ4n) is 4.20. The van der Waals surface area contributed by atoms with Gasteiger partial charge in [-0.15, -0.1) is 0 Å². The molecule has 0 aliphatic heterocycles. The van der Waals surface area contributed by atoms with Crippen molar-refractivity contribution >= 4 is 28.6 Å². The van der Waals surface area contributed by atoms with E-state index in [9.17, 15) is 4.79 Å². The maximum Gasteiger partial charge on any atom is 0.230 e. The molecule has 168 valence electrons. The predicted octanol–water partition coefficient (Wildman–Crippen LogP) is 4.08. The van der Waals surface area contributed by atoms with E-state index in [-0.39, 0.29) is 18.4 Å². The number of anilines is 2. The molecule has 1 aliphatic carbocycles. The molecule has 3 heterocycles. The highest BCUT2D eigenvalue weighted by molar-refractivity contribution is 5.92. The lowest BCUT2D eigenvalue weighted by atomic mass is 10.1. The van der Waals surface area contributed by atoms with Gasteiger partial charge in [0, 0.05) is 17.9 Å². The number of pyridine rings is 1. The molecular formula is C25H27N7O. The fraction of sp³-hybridized carbons (Fsp3) is 0.320.